The summed E-state index contributed by atoms with van der Waals surface area (Å²) in [4.78, 5) is 16.7. The van der Waals surface area contributed by atoms with E-state index in [1.165, 1.54) is 0 Å². The van der Waals surface area contributed by atoms with Crippen molar-refractivity contribution in [1.82, 2.24) is 10.2 Å². The minimum Gasteiger partial charge on any atom is -0.399 e. The van der Waals surface area contributed by atoms with E-state index >= 15 is 0 Å². The predicted molar refractivity (Wildman–Crippen MR) is 103 cm³/mol. The third-order valence-corrected chi connectivity index (χ3v) is 4.16. The van der Waals surface area contributed by atoms with Gasteiger partial charge in [-0.15, -0.1) is 0 Å². The molecule has 6 heteroatoms. The minimum atomic E-state index is -0.286. The highest BCUT2D eigenvalue weighted by atomic mass is 16.5. The Morgan fingerprint density at radius 1 is 1.36 bits per heavy atom. The molecule has 1 aromatic carbocycles. The van der Waals surface area contributed by atoms with Crippen molar-refractivity contribution in [3.63, 3.8) is 0 Å². The van der Waals surface area contributed by atoms with E-state index in [4.69, 9.17) is 10.5 Å². The van der Waals surface area contributed by atoms with Crippen LogP contribution in [0.4, 0.5) is 16.2 Å². The third kappa shape index (κ3) is 5.81. The van der Waals surface area contributed by atoms with E-state index in [9.17, 15) is 4.79 Å². The van der Waals surface area contributed by atoms with E-state index in [2.05, 4.69) is 5.32 Å². The maximum atomic E-state index is 12.8. The van der Waals surface area contributed by atoms with Crippen molar-refractivity contribution in [1.29, 1.82) is 0 Å². The minimum absolute atomic E-state index is 0.0740. The number of hydrogen-bond acceptors (Lipinski definition) is 4. The molecule has 2 amide bonds. The second kappa shape index (κ2) is 7.95. The highest BCUT2D eigenvalue weighted by molar-refractivity contribution is 5.75. The molecule has 2 rings (SSSR count). The first-order chi connectivity index (χ1) is 11.7. The number of nitrogen functional groups attached to an aromatic ring is 1. The van der Waals surface area contributed by atoms with Crippen molar-refractivity contribution < 1.29 is 9.53 Å². The lowest BCUT2D eigenvalue weighted by Crippen LogP contribution is -2.50. The zero-order valence-corrected chi connectivity index (χ0v) is 16.1. The summed E-state index contributed by atoms with van der Waals surface area (Å²) in [6, 6.07) is 5.76. The normalized spacial score (nSPS) is 17.4. The molecule has 1 saturated heterocycles. The third-order valence-electron chi connectivity index (χ3n) is 4.16. The first kappa shape index (κ1) is 19.4. The van der Waals surface area contributed by atoms with E-state index in [1.54, 1.807) is 0 Å². The second-order valence-corrected chi connectivity index (χ2v) is 7.98. The smallest absolute Gasteiger partial charge is 0.318 e. The summed E-state index contributed by atoms with van der Waals surface area (Å²) < 4.78 is 5.75. The first-order valence-electron chi connectivity index (χ1n) is 8.90. The van der Waals surface area contributed by atoms with E-state index < -0.39 is 0 Å². The van der Waals surface area contributed by atoms with Gasteiger partial charge in [0.25, 0.3) is 0 Å². The van der Waals surface area contributed by atoms with Crippen molar-refractivity contribution in [2.75, 3.05) is 37.9 Å². The molecule has 0 aliphatic carbocycles. The molecular formula is C19H32N4O2. The Bertz CT molecular complexity index is 590. The van der Waals surface area contributed by atoms with E-state index in [0.29, 0.717) is 18.8 Å². The summed E-state index contributed by atoms with van der Waals surface area (Å²) in [5.41, 5.74) is 8.50. The number of nitrogens with one attached hydrogen (secondary N) is 1. The molecule has 1 aliphatic rings. The Hall–Kier alpha value is -1.95. The first-order valence-corrected chi connectivity index (χ1v) is 8.90. The second-order valence-electron chi connectivity index (χ2n) is 7.98. The molecule has 1 heterocycles. The maximum absolute atomic E-state index is 12.8. The molecule has 0 spiro atoms. The molecule has 0 unspecified atom stereocenters. The lowest BCUT2D eigenvalue weighted by Gasteiger charge is -2.31. The van der Waals surface area contributed by atoms with Gasteiger partial charge in [0.2, 0.25) is 0 Å². The molecule has 6 nitrogen and oxygen atoms in total. The molecule has 0 saturated carbocycles. The van der Waals surface area contributed by atoms with Crippen LogP contribution in [0.25, 0.3) is 0 Å². The average molecular weight is 348 g/mol. The molecular weight excluding hydrogens is 316 g/mol. The van der Waals surface area contributed by atoms with E-state index in [0.717, 1.165) is 30.7 Å². The highest BCUT2D eigenvalue weighted by Crippen LogP contribution is 2.24. The van der Waals surface area contributed by atoms with Crippen LogP contribution in [0.3, 0.4) is 0 Å². The van der Waals surface area contributed by atoms with Crippen molar-refractivity contribution in [2.24, 2.45) is 0 Å². The van der Waals surface area contributed by atoms with Gasteiger partial charge in [-0.1, -0.05) is 0 Å². The van der Waals surface area contributed by atoms with Gasteiger partial charge in [0.1, 0.15) is 0 Å². The van der Waals surface area contributed by atoms with Crippen molar-refractivity contribution in [2.45, 2.75) is 51.8 Å². The van der Waals surface area contributed by atoms with Crippen LogP contribution in [0, 0.1) is 0 Å². The molecule has 3 N–H and O–H groups in total. The largest absolute Gasteiger partial charge is 0.399 e. The van der Waals surface area contributed by atoms with Gasteiger partial charge in [-0.3, -0.25) is 0 Å². The number of ether oxygens (including phenoxy) is 1. The number of rotatable bonds is 5. The fraction of sp³-hybridized carbons (Fsp3) is 0.632. The van der Waals surface area contributed by atoms with Crippen LogP contribution in [0.15, 0.2) is 18.2 Å². The van der Waals surface area contributed by atoms with Crippen LogP contribution in [0.1, 0.15) is 39.2 Å². The monoisotopic (exact) mass is 348 g/mol. The van der Waals surface area contributed by atoms with Crippen LogP contribution in [0.5, 0.6) is 0 Å². The van der Waals surface area contributed by atoms with Crippen molar-refractivity contribution in [3.8, 4) is 0 Å². The van der Waals surface area contributed by atoms with Gasteiger partial charge in [-0.25, -0.2) is 4.79 Å². The zero-order chi connectivity index (χ0) is 18.6. The Balaban J connectivity index is 2.22. The number of nitrogens with two attached hydrogens (primary N) is 1. The molecule has 140 valence electrons. The summed E-state index contributed by atoms with van der Waals surface area (Å²) >= 11 is 0. The summed E-state index contributed by atoms with van der Waals surface area (Å²) in [7, 11) is 3.99. The van der Waals surface area contributed by atoms with E-state index in [1.807, 2.05) is 62.9 Å². The zero-order valence-electron chi connectivity index (χ0n) is 16.1. The number of carbonyl (C=O) groups is 1. The number of amides is 2. The van der Waals surface area contributed by atoms with Crippen LogP contribution in [0.2, 0.25) is 0 Å². The van der Waals surface area contributed by atoms with Gasteiger partial charge in [0.15, 0.2) is 0 Å². The van der Waals surface area contributed by atoms with Crippen LogP contribution < -0.4 is 16.0 Å². The van der Waals surface area contributed by atoms with Gasteiger partial charge in [-0.05, 0) is 57.4 Å². The number of urea groups is 1. The molecule has 1 fully saturated rings. The Morgan fingerprint density at radius 2 is 2.08 bits per heavy atom. The quantitative estimate of drug-likeness (QED) is 0.803. The fourth-order valence-electron chi connectivity index (χ4n) is 3.03. The highest BCUT2D eigenvalue weighted by Gasteiger charge is 2.26. The summed E-state index contributed by atoms with van der Waals surface area (Å²) in [6.45, 7) is 7.83. The average Bonchev–Trinajstić information content (AvgIpc) is 2.97. The molecule has 1 aromatic rings. The topological polar surface area (TPSA) is 70.8 Å². The van der Waals surface area contributed by atoms with Gasteiger partial charge < -0.3 is 25.6 Å². The number of nitrogens with zero attached hydrogens (tertiary/aromatic N) is 2. The van der Waals surface area contributed by atoms with Crippen LogP contribution >= 0.6 is 0 Å². The molecule has 0 aromatic heterocycles. The molecule has 0 radical (unpaired) electrons. The van der Waals surface area contributed by atoms with Gasteiger partial charge in [0, 0.05) is 50.7 Å². The molecule has 1 atom stereocenters. The Morgan fingerprint density at radius 3 is 2.64 bits per heavy atom. The molecule has 25 heavy (non-hydrogen) atoms. The van der Waals surface area contributed by atoms with Crippen LogP contribution in [-0.2, 0) is 11.3 Å². The predicted octanol–water partition coefficient (Wildman–Crippen LogP) is 2.82. The van der Waals surface area contributed by atoms with E-state index in [-0.39, 0.29) is 17.7 Å². The lowest BCUT2D eigenvalue weighted by atomic mass is 10.1. The lowest BCUT2D eigenvalue weighted by molar-refractivity contribution is 0.0782. The standard InChI is InChI=1S/C19H32N4O2/c1-19(2,3)21-18(24)23(13-16-7-6-10-25-16)12-14-11-15(20)8-9-17(14)22(4)5/h8-9,11,16H,6-7,10,12-13,20H2,1-5H3,(H,21,24)/t16-/m1/s1. The number of benzene rings is 1. The number of anilines is 2. The van der Waals surface area contributed by atoms with Crippen molar-refractivity contribution in [3.05, 3.63) is 23.8 Å². The van der Waals surface area contributed by atoms with Crippen LogP contribution in [-0.4, -0.2) is 49.8 Å². The maximum Gasteiger partial charge on any atom is 0.318 e. The summed E-state index contributed by atoms with van der Waals surface area (Å²) in [5.74, 6) is 0. The van der Waals surface area contributed by atoms with Crippen molar-refractivity contribution >= 4 is 17.4 Å². The summed E-state index contributed by atoms with van der Waals surface area (Å²) in [5, 5.41) is 3.06. The van der Waals surface area contributed by atoms with Gasteiger partial charge in [0.05, 0.1) is 6.10 Å². The number of carbonyl (C=O) groups excluding carboxylic acids is 1. The van der Waals surface area contributed by atoms with Gasteiger partial charge >= 0.3 is 6.03 Å². The molecule has 0 bridgehead atoms. The number of hydrogen-bond donors (Lipinski definition) is 2. The SMILES string of the molecule is CN(C)c1ccc(N)cc1CN(C[C@H]1CCCO1)C(=O)NC(C)(C)C. The van der Waals surface area contributed by atoms with Gasteiger partial charge in [-0.2, -0.15) is 0 Å². The molecule has 1 aliphatic heterocycles. The Kier molecular flexibility index (Phi) is 6.16. The Labute approximate surface area is 151 Å². The fourth-order valence-corrected chi connectivity index (χ4v) is 3.03. The summed E-state index contributed by atoms with van der Waals surface area (Å²) in [6.07, 6.45) is 2.16.